The fraction of sp³-hybridized carbons (Fsp3) is 0.231. The van der Waals surface area contributed by atoms with E-state index in [4.69, 9.17) is 4.84 Å². The van der Waals surface area contributed by atoms with Crippen molar-refractivity contribution in [3.63, 3.8) is 0 Å². The van der Waals surface area contributed by atoms with Crippen LogP contribution in [-0.4, -0.2) is 22.9 Å². The summed E-state index contributed by atoms with van der Waals surface area (Å²) in [7, 11) is 3.53. The maximum absolute atomic E-state index is 4.72. The van der Waals surface area contributed by atoms with Gasteiger partial charge in [0.25, 0.3) is 0 Å². The average molecular weight is 229 g/mol. The number of aromatic nitrogens is 2. The fourth-order valence-electron chi connectivity index (χ4n) is 1.88. The van der Waals surface area contributed by atoms with E-state index in [2.05, 4.69) is 23.3 Å². The molecule has 17 heavy (non-hydrogen) atoms. The van der Waals surface area contributed by atoms with Crippen LogP contribution < -0.4 is 0 Å². The summed E-state index contributed by atoms with van der Waals surface area (Å²) in [5.41, 5.74) is 4.57. The molecule has 0 aromatic carbocycles. The Balaban J connectivity index is 2.48. The maximum Gasteiger partial charge on any atom is 0.106 e. The SMILES string of the molecule is CO/N=C\c1c(C)c(-c2ccncc2)cn1C. The molecule has 0 aliphatic carbocycles. The van der Waals surface area contributed by atoms with Crippen molar-refractivity contribution in [3.05, 3.63) is 42.0 Å². The molecule has 0 bridgehead atoms. The molecular weight excluding hydrogens is 214 g/mol. The highest BCUT2D eigenvalue weighted by Crippen LogP contribution is 2.25. The number of hydrogen-bond donors (Lipinski definition) is 0. The van der Waals surface area contributed by atoms with Gasteiger partial charge in [0, 0.05) is 31.2 Å². The van der Waals surface area contributed by atoms with Gasteiger partial charge in [-0.05, 0) is 30.2 Å². The van der Waals surface area contributed by atoms with E-state index in [9.17, 15) is 0 Å². The number of hydrogen-bond acceptors (Lipinski definition) is 3. The van der Waals surface area contributed by atoms with E-state index in [1.54, 1.807) is 25.7 Å². The maximum atomic E-state index is 4.72. The van der Waals surface area contributed by atoms with Crippen molar-refractivity contribution < 1.29 is 4.84 Å². The van der Waals surface area contributed by atoms with E-state index in [1.165, 1.54) is 11.1 Å². The van der Waals surface area contributed by atoms with Crippen molar-refractivity contribution in [2.75, 3.05) is 7.11 Å². The Morgan fingerprint density at radius 2 is 2.06 bits per heavy atom. The molecule has 0 unspecified atom stereocenters. The molecule has 2 rings (SSSR count). The van der Waals surface area contributed by atoms with Gasteiger partial charge in [-0.25, -0.2) is 0 Å². The van der Waals surface area contributed by atoms with E-state index in [-0.39, 0.29) is 0 Å². The summed E-state index contributed by atoms with van der Waals surface area (Å²) in [6.45, 7) is 2.08. The molecule has 0 aliphatic rings. The molecule has 2 heterocycles. The van der Waals surface area contributed by atoms with Gasteiger partial charge in [0.1, 0.15) is 7.11 Å². The topological polar surface area (TPSA) is 39.4 Å². The second kappa shape index (κ2) is 4.82. The Hall–Kier alpha value is -2.10. The van der Waals surface area contributed by atoms with Crippen LogP contribution in [0.15, 0.2) is 35.9 Å². The molecule has 2 aromatic rings. The first-order chi connectivity index (χ1) is 8.24. The van der Waals surface area contributed by atoms with Crippen molar-refractivity contribution in [1.82, 2.24) is 9.55 Å². The summed E-state index contributed by atoms with van der Waals surface area (Å²) in [6.07, 6.45) is 7.40. The smallest absolute Gasteiger partial charge is 0.106 e. The predicted octanol–water partition coefficient (Wildman–Crippen LogP) is 2.38. The lowest BCUT2D eigenvalue weighted by Gasteiger charge is -1.99. The van der Waals surface area contributed by atoms with Crippen LogP contribution in [0.1, 0.15) is 11.3 Å². The van der Waals surface area contributed by atoms with E-state index in [1.807, 2.05) is 23.7 Å². The molecular formula is C13H15N3O. The number of oxime groups is 1. The van der Waals surface area contributed by atoms with Gasteiger partial charge in [-0.2, -0.15) is 0 Å². The molecule has 4 nitrogen and oxygen atoms in total. The van der Waals surface area contributed by atoms with E-state index in [0.717, 1.165) is 11.3 Å². The zero-order valence-electron chi connectivity index (χ0n) is 10.2. The van der Waals surface area contributed by atoms with Gasteiger partial charge < -0.3 is 9.40 Å². The molecule has 0 aliphatic heterocycles. The summed E-state index contributed by atoms with van der Waals surface area (Å²) in [6, 6.07) is 4.00. The predicted molar refractivity (Wildman–Crippen MR) is 68.0 cm³/mol. The second-order valence-corrected chi connectivity index (χ2v) is 3.82. The summed E-state index contributed by atoms with van der Waals surface area (Å²) < 4.78 is 2.04. The summed E-state index contributed by atoms with van der Waals surface area (Å²) >= 11 is 0. The number of aryl methyl sites for hydroxylation is 1. The first-order valence-corrected chi connectivity index (χ1v) is 5.37. The van der Waals surface area contributed by atoms with Crippen LogP contribution in [-0.2, 0) is 11.9 Å². The fourth-order valence-corrected chi connectivity index (χ4v) is 1.88. The normalized spacial score (nSPS) is 11.0. The van der Waals surface area contributed by atoms with Crippen molar-refractivity contribution in [1.29, 1.82) is 0 Å². The zero-order valence-corrected chi connectivity index (χ0v) is 10.2. The standard InChI is InChI=1S/C13H15N3O/c1-10-12(11-4-6-14-7-5-11)9-16(2)13(10)8-15-17-3/h4-9H,1-3H3/b15-8-. The van der Waals surface area contributed by atoms with Gasteiger partial charge in [-0.15, -0.1) is 0 Å². The van der Waals surface area contributed by atoms with E-state index in [0.29, 0.717) is 0 Å². The highest BCUT2D eigenvalue weighted by atomic mass is 16.6. The Morgan fingerprint density at radius 3 is 2.71 bits per heavy atom. The van der Waals surface area contributed by atoms with Crippen LogP contribution in [0.4, 0.5) is 0 Å². The lowest BCUT2D eigenvalue weighted by atomic mass is 10.1. The van der Waals surface area contributed by atoms with Gasteiger partial charge in [0.2, 0.25) is 0 Å². The van der Waals surface area contributed by atoms with Crippen molar-refractivity contribution in [2.24, 2.45) is 12.2 Å². The monoisotopic (exact) mass is 229 g/mol. The Labute approximate surface area is 101 Å². The van der Waals surface area contributed by atoms with Crippen LogP contribution in [0.3, 0.4) is 0 Å². The minimum absolute atomic E-state index is 1.04. The molecule has 0 spiro atoms. The molecule has 0 amide bonds. The van der Waals surface area contributed by atoms with Crippen LogP contribution in [0.25, 0.3) is 11.1 Å². The molecule has 0 saturated carbocycles. The van der Waals surface area contributed by atoms with Crippen LogP contribution in [0.2, 0.25) is 0 Å². The lowest BCUT2D eigenvalue weighted by Crippen LogP contribution is -1.95. The molecule has 0 radical (unpaired) electrons. The first-order valence-electron chi connectivity index (χ1n) is 5.37. The van der Waals surface area contributed by atoms with Gasteiger partial charge in [-0.3, -0.25) is 4.98 Å². The van der Waals surface area contributed by atoms with Gasteiger partial charge >= 0.3 is 0 Å². The van der Waals surface area contributed by atoms with E-state index >= 15 is 0 Å². The van der Waals surface area contributed by atoms with Crippen molar-refractivity contribution >= 4 is 6.21 Å². The van der Waals surface area contributed by atoms with Crippen molar-refractivity contribution in [2.45, 2.75) is 6.92 Å². The second-order valence-electron chi connectivity index (χ2n) is 3.82. The minimum Gasteiger partial charge on any atom is -0.399 e. The van der Waals surface area contributed by atoms with Crippen LogP contribution >= 0.6 is 0 Å². The highest BCUT2D eigenvalue weighted by Gasteiger charge is 2.10. The number of nitrogens with zero attached hydrogens (tertiary/aromatic N) is 3. The zero-order chi connectivity index (χ0) is 12.3. The number of rotatable bonds is 3. The molecule has 0 atom stereocenters. The summed E-state index contributed by atoms with van der Waals surface area (Å²) in [5, 5.41) is 3.81. The molecule has 88 valence electrons. The third-order valence-electron chi connectivity index (χ3n) is 2.76. The van der Waals surface area contributed by atoms with Crippen LogP contribution in [0.5, 0.6) is 0 Å². The summed E-state index contributed by atoms with van der Waals surface area (Å²) in [5.74, 6) is 0. The quantitative estimate of drug-likeness (QED) is 0.598. The largest absolute Gasteiger partial charge is 0.399 e. The van der Waals surface area contributed by atoms with Gasteiger partial charge in [0.05, 0.1) is 11.9 Å². The van der Waals surface area contributed by atoms with Gasteiger partial charge in [-0.1, -0.05) is 5.16 Å². The Bertz CT molecular complexity index is 529. The Morgan fingerprint density at radius 1 is 1.35 bits per heavy atom. The molecule has 0 saturated heterocycles. The van der Waals surface area contributed by atoms with Crippen LogP contribution in [0, 0.1) is 6.92 Å². The Kier molecular flexibility index (Phi) is 3.23. The lowest BCUT2D eigenvalue weighted by molar-refractivity contribution is 0.215. The summed E-state index contributed by atoms with van der Waals surface area (Å²) in [4.78, 5) is 8.74. The molecule has 0 N–H and O–H groups in total. The van der Waals surface area contributed by atoms with E-state index < -0.39 is 0 Å². The average Bonchev–Trinajstić information content (AvgIpc) is 2.64. The van der Waals surface area contributed by atoms with Gasteiger partial charge in [0.15, 0.2) is 0 Å². The van der Waals surface area contributed by atoms with Crippen molar-refractivity contribution in [3.8, 4) is 11.1 Å². The molecule has 4 heteroatoms. The molecule has 2 aromatic heterocycles. The first kappa shape index (κ1) is 11.4. The number of pyridine rings is 1. The minimum atomic E-state index is 1.04. The highest BCUT2D eigenvalue weighted by molar-refractivity contribution is 5.84. The third kappa shape index (κ3) is 2.20. The molecule has 0 fully saturated rings. The third-order valence-corrected chi connectivity index (χ3v) is 2.76.